The van der Waals surface area contributed by atoms with Crippen LogP contribution in [0.3, 0.4) is 0 Å². The van der Waals surface area contributed by atoms with Crippen LogP contribution < -0.4 is 10.2 Å². The summed E-state index contributed by atoms with van der Waals surface area (Å²) in [6.07, 6.45) is 5.33. The number of anilines is 1. The van der Waals surface area contributed by atoms with Crippen LogP contribution in [0, 0.1) is 5.92 Å². The number of hydrogen-bond donors (Lipinski definition) is 1. The first-order valence-electron chi connectivity index (χ1n) is 10.2. The summed E-state index contributed by atoms with van der Waals surface area (Å²) in [6.45, 7) is 3.65. The van der Waals surface area contributed by atoms with Crippen molar-refractivity contribution < 1.29 is 17.6 Å². The van der Waals surface area contributed by atoms with E-state index < -0.39 is 10.0 Å². The van der Waals surface area contributed by atoms with Gasteiger partial charge in [0.15, 0.2) is 5.76 Å². The van der Waals surface area contributed by atoms with Gasteiger partial charge < -0.3 is 14.6 Å². The second-order valence-electron chi connectivity index (χ2n) is 7.72. The van der Waals surface area contributed by atoms with Gasteiger partial charge in [-0.3, -0.25) is 4.79 Å². The van der Waals surface area contributed by atoms with Crippen LogP contribution in [-0.2, 0) is 10.0 Å². The topological polar surface area (TPSA) is 82.9 Å². The first kappa shape index (κ1) is 20.0. The third kappa shape index (κ3) is 4.48. The van der Waals surface area contributed by atoms with Crippen molar-refractivity contribution in [2.75, 3.05) is 37.6 Å². The van der Waals surface area contributed by atoms with Gasteiger partial charge in [0.25, 0.3) is 5.91 Å². The summed E-state index contributed by atoms with van der Waals surface area (Å²) in [7, 11) is -3.36. The van der Waals surface area contributed by atoms with Crippen molar-refractivity contribution >= 4 is 21.6 Å². The van der Waals surface area contributed by atoms with Gasteiger partial charge in [0.1, 0.15) is 0 Å². The average molecular weight is 418 g/mol. The number of sulfonamides is 1. The molecule has 0 saturated carbocycles. The molecular weight excluding hydrogens is 390 g/mol. The van der Waals surface area contributed by atoms with E-state index in [9.17, 15) is 13.2 Å². The van der Waals surface area contributed by atoms with Gasteiger partial charge in [-0.05, 0) is 68.0 Å². The number of hydrogen-bond acceptors (Lipinski definition) is 5. The quantitative estimate of drug-likeness (QED) is 0.781. The summed E-state index contributed by atoms with van der Waals surface area (Å²) in [4.78, 5) is 14.6. The lowest BCUT2D eigenvalue weighted by atomic mass is 9.96. The largest absolute Gasteiger partial charge is 0.459 e. The first-order chi connectivity index (χ1) is 14.0. The maximum atomic E-state index is 12.6. The van der Waals surface area contributed by atoms with Crippen molar-refractivity contribution in [1.82, 2.24) is 9.62 Å². The fraction of sp³-hybridized carbons (Fsp3) is 0.476. The molecule has 0 spiro atoms. The third-order valence-corrected chi connectivity index (χ3v) is 7.73. The molecule has 0 bridgehead atoms. The Bertz CT molecular complexity index is 911. The highest BCUT2D eigenvalue weighted by Crippen LogP contribution is 2.26. The minimum atomic E-state index is -3.36. The van der Waals surface area contributed by atoms with E-state index in [0.717, 1.165) is 44.5 Å². The smallest absolute Gasteiger partial charge is 0.286 e. The number of carbonyl (C=O) groups is 1. The molecule has 7 nitrogen and oxygen atoms in total. The van der Waals surface area contributed by atoms with Gasteiger partial charge in [-0.1, -0.05) is 0 Å². The van der Waals surface area contributed by atoms with Gasteiger partial charge in [0.05, 0.1) is 11.2 Å². The zero-order chi connectivity index (χ0) is 20.3. The van der Waals surface area contributed by atoms with Gasteiger partial charge in [-0.15, -0.1) is 0 Å². The van der Waals surface area contributed by atoms with E-state index in [1.165, 1.54) is 6.26 Å². The molecule has 0 unspecified atom stereocenters. The van der Waals surface area contributed by atoms with Gasteiger partial charge in [-0.25, -0.2) is 8.42 Å². The maximum Gasteiger partial charge on any atom is 0.286 e. The number of amides is 1. The predicted molar refractivity (Wildman–Crippen MR) is 110 cm³/mol. The summed E-state index contributed by atoms with van der Waals surface area (Å²) in [5, 5.41) is 2.94. The maximum absolute atomic E-state index is 12.6. The molecular formula is C21H27N3O4S. The van der Waals surface area contributed by atoms with Crippen molar-refractivity contribution in [2.45, 2.75) is 30.6 Å². The fourth-order valence-corrected chi connectivity index (χ4v) is 5.55. The Morgan fingerprint density at radius 2 is 1.72 bits per heavy atom. The monoisotopic (exact) mass is 417 g/mol. The summed E-state index contributed by atoms with van der Waals surface area (Å²) in [6, 6.07) is 10.6. The predicted octanol–water partition coefficient (Wildman–Crippen LogP) is 2.71. The lowest BCUT2D eigenvalue weighted by molar-refractivity contribution is 0.0917. The van der Waals surface area contributed by atoms with E-state index in [0.29, 0.717) is 36.2 Å². The number of nitrogens with zero attached hydrogens (tertiary/aromatic N) is 2. The molecule has 0 atom stereocenters. The Labute approximate surface area is 171 Å². The lowest BCUT2D eigenvalue weighted by Gasteiger charge is -2.33. The van der Waals surface area contributed by atoms with Crippen molar-refractivity contribution in [3.8, 4) is 0 Å². The molecule has 4 rings (SSSR count). The molecule has 1 aromatic heterocycles. The Kier molecular flexibility index (Phi) is 5.91. The number of benzene rings is 1. The van der Waals surface area contributed by atoms with Crippen molar-refractivity contribution in [1.29, 1.82) is 0 Å². The average Bonchev–Trinajstić information content (AvgIpc) is 3.47. The van der Waals surface area contributed by atoms with Crippen LogP contribution >= 0.6 is 0 Å². The first-order valence-corrected chi connectivity index (χ1v) is 11.6. The van der Waals surface area contributed by atoms with E-state index in [-0.39, 0.29) is 5.91 Å². The van der Waals surface area contributed by atoms with Gasteiger partial charge >= 0.3 is 0 Å². The summed E-state index contributed by atoms with van der Waals surface area (Å²) < 4.78 is 32.0. The second kappa shape index (κ2) is 8.59. The fourth-order valence-electron chi connectivity index (χ4n) is 4.03. The van der Waals surface area contributed by atoms with Gasteiger partial charge in [0, 0.05) is 38.4 Å². The van der Waals surface area contributed by atoms with Crippen LogP contribution in [0.1, 0.15) is 36.2 Å². The Balaban J connectivity index is 1.29. The second-order valence-corrected chi connectivity index (χ2v) is 9.66. The highest BCUT2D eigenvalue weighted by molar-refractivity contribution is 7.89. The van der Waals surface area contributed by atoms with E-state index in [1.807, 2.05) is 12.1 Å². The lowest BCUT2D eigenvalue weighted by Crippen LogP contribution is -2.38. The molecule has 1 aromatic carbocycles. The molecule has 8 heteroatoms. The molecule has 2 aliphatic heterocycles. The molecule has 2 aliphatic rings. The Morgan fingerprint density at radius 1 is 1.03 bits per heavy atom. The molecule has 2 aromatic rings. The molecule has 0 aliphatic carbocycles. The Hall–Kier alpha value is -2.32. The molecule has 2 saturated heterocycles. The zero-order valence-corrected chi connectivity index (χ0v) is 17.2. The Morgan fingerprint density at radius 3 is 2.34 bits per heavy atom. The number of nitrogens with one attached hydrogen (secondary N) is 1. The van der Waals surface area contributed by atoms with Crippen LogP contribution in [0.15, 0.2) is 52.0 Å². The third-order valence-electron chi connectivity index (χ3n) is 5.82. The molecule has 2 fully saturated rings. The van der Waals surface area contributed by atoms with E-state index in [1.54, 1.807) is 28.6 Å². The molecule has 156 valence electrons. The van der Waals surface area contributed by atoms with Gasteiger partial charge in [-0.2, -0.15) is 4.31 Å². The van der Waals surface area contributed by atoms with Crippen molar-refractivity contribution in [3.05, 3.63) is 48.4 Å². The highest BCUT2D eigenvalue weighted by atomic mass is 32.2. The molecule has 3 heterocycles. The highest BCUT2D eigenvalue weighted by Gasteiger charge is 2.27. The minimum Gasteiger partial charge on any atom is -0.459 e. The van der Waals surface area contributed by atoms with Crippen LogP contribution in [0.2, 0.25) is 0 Å². The van der Waals surface area contributed by atoms with Crippen LogP contribution in [0.4, 0.5) is 5.69 Å². The van der Waals surface area contributed by atoms with E-state index >= 15 is 0 Å². The van der Waals surface area contributed by atoms with Crippen LogP contribution in [-0.4, -0.2) is 51.4 Å². The van der Waals surface area contributed by atoms with Gasteiger partial charge in [0.2, 0.25) is 10.0 Å². The number of carbonyl (C=O) groups excluding carboxylic acids is 1. The molecule has 0 radical (unpaired) electrons. The van der Waals surface area contributed by atoms with E-state index in [2.05, 4.69) is 10.2 Å². The van der Waals surface area contributed by atoms with E-state index in [4.69, 9.17) is 4.42 Å². The minimum absolute atomic E-state index is 0.174. The summed E-state index contributed by atoms with van der Waals surface area (Å²) >= 11 is 0. The molecule has 29 heavy (non-hydrogen) atoms. The number of rotatable bonds is 6. The van der Waals surface area contributed by atoms with Crippen LogP contribution in [0.25, 0.3) is 0 Å². The standard InChI is InChI=1S/C21H27N3O4S/c25-21(20-4-3-15-28-20)22-16-17-9-13-23(14-10-17)18-5-7-19(8-6-18)29(26,27)24-11-1-2-12-24/h3-8,15,17H,1-2,9-14,16H2,(H,22,25). The molecule has 1 amide bonds. The van der Waals surface area contributed by atoms with Crippen molar-refractivity contribution in [2.24, 2.45) is 5.92 Å². The van der Waals surface area contributed by atoms with Crippen molar-refractivity contribution in [3.63, 3.8) is 0 Å². The normalized spacial score (nSPS) is 18.8. The number of piperidine rings is 1. The number of furan rings is 1. The zero-order valence-electron chi connectivity index (χ0n) is 16.4. The summed E-state index contributed by atoms with van der Waals surface area (Å²) in [5.41, 5.74) is 1.04. The summed E-state index contributed by atoms with van der Waals surface area (Å²) in [5.74, 6) is 0.596. The molecule has 1 N–H and O–H groups in total. The van der Waals surface area contributed by atoms with Crippen LogP contribution in [0.5, 0.6) is 0 Å². The SMILES string of the molecule is O=C(NCC1CCN(c2ccc(S(=O)(=O)N3CCCC3)cc2)CC1)c1ccco1.